The fraction of sp³-hybridized carbons (Fsp3) is 0.500. The summed E-state index contributed by atoms with van der Waals surface area (Å²) in [5, 5.41) is 12.7. The Hall–Kier alpha value is -2.83. The Labute approximate surface area is 170 Å². The molecular weight excluding hydrogens is 374 g/mol. The summed E-state index contributed by atoms with van der Waals surface area (Å²) in [4.78, 5) is 35.7. The van der Waals surface area contributed by atoms with Crippen LogP contribution >= 0.6 is 0 Å². The van der Waals surface area contributed by atoms with E-state index < -0.39 is 29.6 Å². The maximum absolute atomic E-state index is 12.4. The lowest BCUT2D eigenvalue weighted by molar-refractivity contribution is -0.143. The van der Waals surface area contributed by atoms with Gasteiger partial charge < -0.3 is 19.6 Å². The molecule has 0 bridgehead atoms. The SMILES string of the molecule is CCCC[C@@H](NC(=O)[C@H](C)Oc1ccc2c(CCC)cc(=O)oc2c1C)C(=O)O. The van der Waals surface area contributed by atoms with Crippen molar-refractivity contribution < 1.29 is 23.8 Å². The smallest absolute Gasteiger partial charge is 0.336 e. The third-order valence-electron chi connectivity index (χ3n) is 4.85. The average Bonchev–Trinajstić information content (AvgIpc) is 2.67. The Kier molecular flexibility index (Phi) is 7.82. The molecule has 7 heteroatoms. The van der Waals surface area contributed by atoms with Crippen LogP contribution in [0.4, 0.5) is 0 Å². The van der Waals surface area contributed by atoms with Crippen molar-refractivity contribution in [3.63, 3.8) is 0 Å². The normalized spacial score (nSPS) is 13.1. The molecule has 1 aromatic heterocycles. The fourth-order valence-corrected chi connectivity index (χ4v) is 3.21. The molecular formula is C22H29NO6. The largest absolute Gasteiger partial charge is 0.480 e. The van der Waals surface area contributed by atoms with E-state index in [4.69, 9.17) is 9.15 Å². The van der Waals surface area contributed by atoms with E-state index in [1.54, 1.807) is 19.9 Å². The van der Waals surface area contributed by atoms with E-state index in [0.717, 1.165) is 30.2 Å². The number of rotatable bonds is 10. The number of aliphatic carboxylic acids is 1. The number of carbonyl (C=O) groups is 2. The molecule has 0 aliphatic rings. The number of benzene rings is 1. The number of amides is 1. The Morgan fingerprint density at radius 2 is 1.97 bits per heavy atom. The molecule has 1 aromatic carbocycles. The molecule has 0 aliphatic carbocycles. The van der Waals surface area contributed by atoms with Crippen LogP contribution in [0.25, 0.3) is 11.0 Å². The molecule has 7 nitrogen and oxygen atoms in total. The number of carbonyl (C=O) groups excluding carboxylic acids is 1. The van der Waals surface area contributed by atoms with E-state index in [2.05, 4.69) is 5.32 Å². The number of hydrogen-bond donors (Lipinski definition) is 2. The van der Waals surface area contributed by atoms with Gasteiger partial charge in [0.1, 0.15) is 17.4 Å². The molecule has 2 rings (SSSR count). The van der Waals surface area contributed by atoms with Crippen molar-refractivity contribution in [2.45, 2.75) is 71.9 Å². The molecule has 0 unspecified atom stereocenters. The lowest BCUT2D eigenvalue weighted by Gasteiger charge is -2.20. The second-order valence-corrected chi connectivity index (χ2v) is 7.21. The first-order valence-corrected chi connectivity index (χ1v) is 10.0. The van der Waals surface area contributed by atoms with Crippen LogP contribution < -0.4 is 15.7 Å². The van der Waals surface area contributed by atoms with Gasteiger partial charge in [0.25, 0.3) is 5.91 Å². The van der Waals surface area contributed by atoms with E-state index in [9.17, 15) is 19.5 Å². The average molecular weight is 403 g/mol. The molecule has 0 saturated heterocycles. The summed E-state index contributed by atoms with van der Waals surface area (Å²) >= 11 is 0. The number of carboxylic acid groups (broad SMARTS) is 1. The first kappa shape index (κ1) is 22.5. The summed E-state index contributed by atoms with van der Waals surface area (Å²) in [6.45, 7) is 7.32. The highest BCUT2D eigenvalue weighted by molar-refractivity contribution is 5.87. The van der Waals surface area contributed by atoms with Gasteiger partial charge in [0, 0.05) is 17.0 Å². The van der Waals surface area contributed by atoms with Crippen LogP contribution in [0.1, 0.15) is 57.6 Å². The van der Waals surface area contributed by atoms with E-state index in [-0.39, 0.29) is 0 Å². The predicted octanol–water partition coefficient (Wildman–Crippen LogP) is 3.58. The van der Waals surface area contributed by atoms with Gasteiger partial charge in [0.2, 0.25) is 0 Å². The highest BCUT2D eigenvalue weighted by Crippen LogP contribution is 2.29. The highest BCUT2D eigenvalue weighted by atomic mass is 16.5. The van der Waals surface area contributed by atoms with E-state index in [1.165, 1.54) is 6.07 Å². The fourth-order valence-electron chi connectivity index (χ4n) is 3.21. The van der Waals surface area contributed by atoms with Gasteiger partial charge in [-0.3, -0.25) is 4.79 Å². The van der Waals surface area contributed by atoms with Crippen molar-refractivity contribution in [1.29, 1.82) is 0 Å². The van der Waals surface area contributed by atoms with Gasteiger partial charge in [-0.15, -0.1) is 0 Å². The third kappa shape index (κ3) is 5.59. The van der Waals surface area contributed by atoms with Gasteiger partial charge in [-0.25, -0.2) is 9.59 Å². The van der Waals surface area contributed by atoms with E-state index >= 15 is 0 Å². The van der Waals surface area contributed by atoms with Gasteiger partial charge in [0.15, 0.2) is 6.10 Å². The molecule has 2 atom stereocenters. The Morgan fingerprint density at radius 3 is 2.59 bits per heavy atom. The van der Waals surface area contributed by atoms with Crippen LogP contribution in [0.15, 0.2) is 27.4 Å². The maximum Gasteiger partial charge on any atom is 0.336 e. The second kappa shape index (κ2) is 10.1. The zero-order chi connectivity index (χ0) is 21.6. The molecule has 0 spiro atoms. The summed E-state index contributed by atoms with van der Waals surface area (Å²) in [6.07, 6.45) is 2.66. The van der Waals surface area contributed by atoms with Gasteiger partial charge in [-0.1, -0.05) is 33.1 Å². The van der Waals surface area contributed by atoms with Crippen molar-refractivity contribution >= 4 is 22.8 Å². The zero-order valence-corrected chi connectivity index (χ0v) is 17.4. The van der Waals surface area contributed by atoms with Crippen molar-refractivity contribution in [3.05, 3.63) is 39.7 Å². The molecule has 1 amide bonds. The Bertz CT molecular complexity index is 933. The molecule has 2 aromatic rings. The minimum Gasteiger partial charge on any atom is -0.480 e. The Morgan fingerprint density at radius 1 is 1.24 bits per heavy atom. The van der Waals surface area contributed by atoms with Gasteiger partial charge in [-0.05, 0) is 44.4 Å². The predicted molar refractivity (Wildman–Crippen MR) is 110 cm³/mol. The second-order valence-electron chi connectivity index (χ2n) is 7.21. The van der Waals surface area contributed by atoms with Gasteiger partial charge >= 0.3 is 11.6 Å². The standard InChI is InChI=1S/C22H29NO6/c1-5-7-9-17(22(26)27)23-21(25)14(4)28-18-11-10-16-15(8-6-2)12-19(24)29-20(16)13(18)3/h10-12,14,17H,5-9H2,1-4H3,(H,23,25)(H,26,27)/t14-,17+/m0/s1. The first-order valence-electron chi connectivity index (χ1n) is 10.0. The molecule has 0 aliphatic heterocycles. The van der Waals surface area contributed by atoms with Crippen LogP contribution in [-0.2, 0) is 16.0 Å². The number of unbranched alkanes of at least 4 members (excludes halogenated alkanes) is 1. The summed E-state index contributed by atoms with van der Waals surface area (Å²) in [5.74, 6) is -1.15. The summed E-state index contributed by atoms with van der Waals surface area (Å²) in [6, 6.07) is 4.12. The van der Waals surface area contributed by atoms with Crippen molar-refractivity contribution in [3.8, 4) is 5.75 Å². The topological polar surface area (TPSA) is 106 Å². The van der Waals surface area contributed by atoms with Crippen LogP contribution in [0.3, 0.4) is 0 Å². The molecule has 2 N–H and O–H groups in total. The quantitative estimate of drug-likeness (QED) is 0.588. The third-order valence-corrected chi connectivity index (χ3v) is 4.85. The van der Waals surface area contributed by atoms with E-state index in [0.29, 0.717) is 29.7 Å². The van der Waals surface area contributed by atoms with Crippen LogP contribution in [-0.4, -0.2) is 29.1 Å². The van der Waals surface area contributed by atoms with Crippen molar-refractivity contribution in [2.24, 2.45) is 0 Å². The summed E-state index contributed by atoms with van der Waals surface area (Å²) in [7, 11) is 0. The molecule has 0 fully saturated rings. The van der Waals surface area contributed by atoms with Gasteiger partial charge in [0.05, 0.1) is 0 Å². The Balaban J connectivity index is 2.22. The molecule has 0 radical (unpaired) electrons. The summed E-state index contributed by atoms with van der Waals surface area (Å²) < 4.78 is 11.2. The van der Waals surface area contributed by atoms with Crippen LogP contribution in [0.2, 0.25) is 0 Å². The first-order chi connectivity index (χ1) is 13.8. The molecule has 1 heterocycles. The van der Waals surface area contributed by atoms with Gasteiger partial charge in [-0.2, -0.15) is 0 Å². The minimum atomic E-state index is -1.06. The number of carboxylic acids is 1. The molecule has 158 valence electrons. The van der Waals surface area contributed by atoms with Crippen molar-refractivity contribution in [1.82, 2.24) is 5.32 Å². The number of hydrogen-bond acceptors (Lipinski definition) is 5. The number of nitrogens with one attached hydrogen (secondary N) is 1. The van der Waals surface area contributed by atoms with Crippen LogP contribution in [0, 0.1) is 6.92 Å². The van der Waals surface area contributed by atoms with E-state index in [1.807, 2.05) is 19.9 Å². The monoisotopic (exact) mass is 403 g/mol. The lowest BCUT2D eigenvalue weighted by atomic mass is 10.0. The van der Waals surface area contributed by atoms with Crippen molar-refractivity contribution in [2.75, 3.05) is 0 Å². The number of ether oxygens (including phenoxy) is 1. The molecule has 0 saturated carbocycles. The van der Waals surface area contributed by atoms with Crippen LogP contribution in [0.5, 0.6) is 5.75 Å². The highest BCUT2D eigenvalue weighted by Gasteiger charge is 2.24. The number of aryl methyl sites for hydroxylation is 2. The maximum atomic E-state index is 12.4. The minimum absolute atomic E-state index is 0.366. The summed E-state index contributed by atoms with van der Waals surface area (Å²) in [5.41, 5.74) is 1.56. The molecule has 29 heavy (non-hydrogen) atoms. The lowest BCUT2D eigenvalue weighted by Crippen LogP contribution is -2.46. The number of fused-ring (bicyclic) bond motifs is 1. The zero-order valence-electron chi connectivity index (χ0n) is 17.4.